The van der Waals surface area contributed by atoms with Gasteiger partial charge in [-0.2, -0.15) is 0 Å². The highest BCUT2D eigenvalue weighted by Gasteiger charge is 2.62. The second kappa shape index (κ2) is 6.62. The summed E-state index contributed by atoms with van der Waals surface area (Å²) in [6.45, 7) is 9.41. The highest BCUT2D eigenvalue weighted by atomic mass is 16.5. The van der Waals surface area contributed by atoms with Crippen molar-refractivity contribution in [3.63, 3.8) is 0 Å². The van der Waals surface area contributed by atoms with E-state index < -0.39 is 0 Å². The maximum absolute atomic E-state index is 12.3. The van der Waals surface area contributed by atoms with E-state index in [0.717, 1.165) is 11.7 Å². The molecule has 1 heterocycles. The van der Waals surface area contributed by atoms with E-state index in [4.69, 9.17) is 4.74 Å². The molecule has 3 saturated carbocycles. The number of hydrogen-bond donors (Lipinski definition) is 1. The molecule has 156 valence electrons. The van der Waals surface area contributed by atoms with Crippen LogP contribution in [0.5, 0.6) is 5.75 Å². The van der Waals surface area contributed by atoms with Crippen molar-refractivity contribution >= 4 is 5.91 Å². The average molecular weight is 394 g/mol. The number of carbonyl (C=O) groups is 1. The summed E-state index contributed by atoms with van der Waals surface area (Å²) in [7, 11) is 0. The number of amides is 1. The molecule has 3 nitrogen and oxygen atoms in total. The van der Waals surface area contributed by atoms with Crippen molar-refractivity contribution in [1.82, 2.24) is 5.32 Å². The van der Waals surface area contributed by atoms with Gasteiger partial charge in [0.1, 0.15) is 11.9 Å². The third kappa shape index (κ3) is 2.87. The Kier molecular flexibility index (Phi) is 4.38. The summed E-state index contributed by atoms with van der Waals surface area (Å²) in [5, 5.41) is 3.32. The molecule has 3 unspecified atom stereocenters. The number of carbonyl (C=O) groups excluding carboxylic acids is 1. The van der Waals surface area contributed by atoms with Crippen LogP contribution in [-0.4, -0.2) is 18.1 Å². The van der Waals surface area contributed by atoms with Crippen LogP contribution in [-0.2, 0) is 4.79 Å². The van der Waals surface area contributed by atoms with Gasteiger partial charge in [0, 0.05) is 5.41 Å². The van der Waals surface area contributed by atoms with E-state index in [1.54, 1.807) is 6.08 Å². The van der Waals surface area contributed by atoms with Gasteiger partial charge in [-0.3, -0.25) is 4.79 Å². The first-order chi connectivity index (χ1) is 13.8. The largest absolute Gasteiger partial charge is 0.488 e. The van der Waals surface area contributed by atoms with Crippen LogP contribution in [0, 0.1) is 41.4 Å². The van der Waals surface area contributed by atoms with E-state index in [9.17, 15) is 4.79 Å². The second-order valence-electron chi connectivity index (χ2n) is 10.8. The molecule has 3 fully saturated rings. The molecule has 0 spiro atoms. The standard InChI is InChI=1S/C26H35NO2/c1-16-7-9-18(10-8-16)29-23-17(2)22-19-6-5-13-25(19,3)14-11-20(22)26(4)15-12-21(28)27-24(23)26/h7-10,12,15,17,19-20,22-24H,5-6,11,13-14H2,1-4H3,(H,27,28)/t17?,19-,20+,22-,23?,24?,25-,26+/m0/s1. The Morgan fingerprint density at radius 2 is 1.83 bits per heavy atom. The second-order valence-corrected chi connectivity index (χ2v) is 10.8. The Bertz CT molecular complexity index is 830. The molecule has 1 aromatic rings. The number of fused-ring (bicyclic) bond motifs is 5. The molecular weight excluding hydrogens is 358 g/mol. The first-order valence-corrected chi connectivity index (χ1v) is 11.5. The minimum Gasteiger partial charge on any atom is -0.488 e. The predicted molar refractivity (Wildman–Crippen MR) is 116 cm³/mol. The monoisotopic (exact) mass is 393 g/mol. The molecule has 1 N–H and O–H groups in total. The Balaban J connectivity index is 1.56. The Morgan fingerprint density at radius 3 is 2.59 bits per heavy atom. The number of hydrogen-bond acceptors (Lipinski definition) is 2. The lowest BCUT2D eigenvalue weighted by atomic mass is 9.45. The van der Waals surface area contributed by atoms with Gasteiger partial charge in [-0.25, -0.2) is 0 Å². The van der Waals surface area contributed by atoms with Crippen molar-refractivity contribution in [3.8, 4) is 5.75 Å². The summed E-state index contributed by atoms with van der Waals surface area (Å²) in [5.41, 5.74) is 1.70. The van der Waals surface area contributed by atoms with Gasteiger partial charge in [0.2, 0.25) is 5.91 Å². The lowest BCUT2D eigenvalue weighted by Crippen LogP contribution is -2.68. The van der Waals surface area contributed by atoms with E-state index in [2.05, 4.69) is 63.4 Å². The first-order valence-electron chi connectivity index (χ1n) is 11.5. The Morgan fingerprint density at radius 1 is 1.07 bits per heavy atom. The molecule has 0 radical (unpaired) electrons. The lowest BCUT2D eigenvalue weighted by Gasteiger charge is -2.62. The van der Waals surface area contributed by atoms with E-state index >= 15 is 0 Å². The molecule has 0 bridgehead atoms. The van der Waals surface area contributed by atoms with Crippen molar-refractivity contribution < 1.29 is 9.53 Å². The molecule has 3 heteroatoms. The van der Waals surface area contributed by atoms with Crippen LogP contribution < -0.4 is 10.1 Å². The van der Waals surface area contributed by atoms with E-state index in [0.29, 0.717) is 23.2 Å². The van der Waals surface area contributed by atoms with Crippen molar-refractivity contribution in [3.05, 3.63) is 42.0 Å². The van der Waals surface area contributed by atoms with Gasteiger partial charge < -0.3 is 10.1 Å². The summed E-state index contributed by atoms with van der Waals surface area (Å²) < 4.78 is 6.69. The van der Waals surface area contributed by atoms with Crippen LogP contribution in [0.2, 0.25) is 0 Å². The Labute approximate surface area is 175 Å². The van der Waals surface area contributed by atoms with E-state index in [1.165, 1.54) is 37.7 Å². The van der Waals surface area contributed by atoms with Crippen LogP contribution in [0.3, 0.4) is 0 Å². The van der Waals surface area contributed by atoms with Gasteiger partial charge in [-0.1, -0.05) is 51.0 Å². The van der Waals surface area contributed by atoms with Gasteiger partial charge in [-0.15, -0.1) is 0 Å². The maximum Gasteiger partial charge on any atom is 0.244 e. The Hall–Kier alpha value is -1.77. The normalized spacial score (nSPS) is 45.7. The summed E-state index contributed by atoms with van der Waals surface area (Å²) in [5.74, 6) is 3.43. The average Bonchev–Trinajstić information content (AvgIpc) is 3.09. The van der Waals surface area contributed by atoms with Gasteiger partial charge >= 0.3 is 0 Å². The predicted octanol–water partition coefficient (Wildman–Crippen LogP) is 5.29. The van der Waals surface area contributed by atoms with Crippen molar-refractivity contribution in [2.45, 2.75) is 71.9 Å². The van der Waals surface area contributed by atoms with Gasteiger partial charge in [0.05, 0.1) is 6.04 Å². The zero-order valence-electron chi connectivity index (χ0n) is 18.3. The SMILES string of the molecule is Cc1ccc(OC2C(C)[C@@H]3[C@@H](CC[C@]4(C)CCC[C@@H]34)[C@@]3(C)C=CC(=O)NC23)cc1. The zero-order valence-corrected chi connectivity index (χ0v) is 18.3. The summed E-state index contributed by atoms with van der Waals surface area (Å²) in [4.78, 5) is 12.3. The van der Waals surface area contributed by atoms with Crippen LogP contribution >= 0.6 is 0 Å². The highest BCUT2D eigenvalue weighted by Crippen LogP contribution is 2.64. The third-order valence-corrected chi connectivity index (χ3v) is 9.22. The molecular formula is C26H35NO2. The molecule has 5 rings (SSSR count). The molecule has 1 aromatic carbocycles. The minimum atomic E-state index is -0.0373. The highest BCUT2D eigenvalue weighted by molar-refractivity contribution is 5.89. The lowest BCUT2D eigenvalue weighted by molar-refractivity contribution is -0.142. The minimum absolute atomic E-state index is 0.000746. The fourth-order valence-electron chi connectivity index (χ4n) is 7.62. The molecule has 4 aliphatic rings. The molecule has 8 atom stereocenters. The molecule has 3 aliphatic carbocycles. The number of aryl methyl sites for hydroxylation is 1. The summed E-state index contributed by atoms with van der Waals surface area (Å²) >= 11 is 0. The molecule has 1 amide bonds. The smallest absolute Gasteiger partial charge is 0.244 e. The van der Waals surface area contributed by atoms with Crippen LogP contribution in [0.25, 0.3) is 0 Å². The zero-order chi connectivity index (χ0) is 20.4. The summed E-state index contributed by atoms with van der Waals surface area (Å²) in [6.07, 6.45) is 10.7. The maximum atomic E-state index is 12.3. The van der Waals surface area contributed by atoms with Crippen LogP contribution in [0.1, 0.15) is 58.4 Å². The van der Waals surface area contributed by atoms with Crippen molar-refractivity contribution in [2.24, 2.45) is 34.5 Å². The van der Waals surface area contributed by atoms with Crippen molar-refractivity contribution in [2.75, 3.05) is 0 Å². The fourth-order valence-corrected chi connectivity index (χ4v) is 7.62. The number of nitrogens with one attached hydrogen (secondary N) is 1. The number of rotatable bonds is 2. The van der Waals surface area contributed by atoms with Gasteiger partial charge in [-0.05, 0) is 79.9 Å². The number of ether oxygens (including phenoxy) is 1. The fraction of sp³-hybridized carbons (Fsp3) is 0.654. The van der Waals surface area contributed by atoms with Gasteiger partial charge in [0.25, 0.3) is 0 Å². The van der Waals surface area contributed by atoms with Gasteiger partial charge in [0.15, 0.2) is 0 Å². The topological polar surface area (TPSA) is 38.3 Å². The quantitative estimate of drug-likeness (QED) is 0.742. The molecule has 1 aliphatic heterocycles. The van der Waals surface area contributed by atoms with Crippen LogP contribution in [0.4, 0.5) is 0 Å². The first kappa shape index (κ1) is 19.2. The molecule has 0 aromatic heterocycles. The van der Waals surface area contributed by atoms with Crippen LogP contribution in [0.15, 0.2) is 36.4 Å². The summed E-state index contributed by atoms with van der Waals surface area (Å²) in [6, 6.07) is 8.40. The van der Waals surface area contributed by atoms with Crippen molar-refractivity contribution in [1.29, 1.82) is 0 Å². The molecule has 0 saturated heterocycles. The van der Waals surface area contributed by atoms with E-state index in [1.807, 2.05) is 0 Å². The third-order valence-electron chi connectivity index (χ3n) is 9.22. The van der Waals surface area contributed by atoms with E-state index in [-0.39, 0.29) is 23.5 Å². The number of benzene rings is 1. The molecule has 29 heavy (non-hydrogen) atoms.